The van der Waals surface area contributed by atoms with Crippen molar-refractivity contribution in [2.75, 3.05) is 24.7 Å². The van der Waals surface area contributed by atoms with Gasteiger partial charge in [0.25, 0.3) is 5.91 Å². The number of amides is 2. The number of carbonyl (C=O) groups is 2. The Labute approximate surface area is 192 Å². The van der Waals surface area contributed by atoms with E-state index in [9.17, 15) is 18.0 Å². The van der Waals surface area contributed by atoms with Crippen LogP contribution in [0.3, 0.4) is 0 Å². The quantitative estimate of drug-likeness (QED) is 0.562. The molecule has 2 heterocycles. The average Bonchev–Trinajstić information content (AvgIpc) is 3.26. The first-order chi connectivity index (χ1) is 15.7. The van der Waals surface area contributed by atoms with Crippen LogP contribution in [0.15, 0.2) is 66.2 Å². The summed E-state index contributed by atoms with van der Waals surface area (Å²) in [6.45, 7) is 4.65. The van der Waals surface area contributed by atoms with Crippen molar-refractivity contribution < 1.29 is 18.0 Å². The van der Waals surface area contributed by atoms with E-state index in [0.717, 1.165) is 11.8 Å². The Morgan fingerprint density at radius 1 is 1.21 bits per heavy atom. The van der Waals surface area contributed by atoms with E-state index in [1.54, 1.807) is 48.7 Å². The molecule has 1 aliphatic rings. The fourth-order valence-corrected chi connectivity index (χ4v) is 4.53. The van der Waals surface area contributed by atoms with Crippen molar-refractivity contribution in [2.24, 2.45) is 5.92 Å². The van der Waals surface area contributed by atoms with Crippen LogP contribution in [0.25, 0.3) is 10.9 Å². The van der Waals surface area contributed by atoms with Gasteiger partial charge in [-0.2, -0.15) is 0 Å². The largest absolute Gasteiger partial charge is 0.338 e. The molecule has 0 radical (unpaired) electrons. The molecule has 1 aliphatic heterocycles. The highest BCUT2D eigenvalue weighted by atomic mass is 32.2. The molecule has 1 fully saturated rings. The number of aromatic nitrogens is 2. The summed E-state index contributed by atoms with van der Waals surface area (Å²) in [6.07, 6.45) is 5.51. The van der Waals surface area contributed by atoms with Gasteiger partial charge in [-0.1, -0.05) is 6.58 Å². The zero-order valence-electron chi connectivity index (χ0n) is 18.2. The number of sulfone groups is 1. The zero-order chi connectivity index (χ0) is 23.6. The molecule has 1 aromatic heterocycles. The standard InChI is InChI=1S/C24H24N4O4S/c1-3-23(29)26-19-7-4-17(5-8-19)24(30)28-11-10-16(15-28)12-22-25-14-18-6-9-20(33(2,31)32)13-21(18)27-22/h3-9,13-14,16H,1,10-12,15H2,2H3,(H,26,29)/t16-/m0/s1. The van der Waals surface area contributed by atoms with Crippen molar-refractivity contribution >= 4 is 38.2 Å². The van der Waals surface area contributed by atoms with Crippen LogP contribution in [-0.4, -0.2) is 54.4 Å². The number of anilines is 1. The lowest BCUT2D eigenvalue weighted by molar-refractivity contribution is -0.111. The van der Waals surface area contributed by atoms with Gasteiger partial charge < -0.3 is 10.2 Å². The molecule has 0 aliphatic carbocycles. The van der Waals surface area contributed by atoms with Gasteiger partial charge in [0, 0.05) is 48.6 Å². The fourth-order valence-electron chi connectivity index (χ4n) is 3.88. The minimum atomic E-state index is -3.31. The van der Waals surface area contributed by atoms with E-state index in [1.807, 2.05) is 4.90 Å². The third-order valence-electron chi connectivity index (χ3n) is 5.66. The Kier molecular flexibility index (Phi) is 6.24. The fraction of sp³-hybridized carbons (Fsp3) is 0.250. The Morgan fingerprint density at radius 3 is 2.67 bits per heavy atom. The molecule has 2 aromatic carbocycles. The molecule has 0 saturated carbocycles. The van der Waals surface area contributed by atoms with Gasteiger partial charge in [0.1, 0.15) is 5.82 Å². The summed E-state index contributed by atoms with van der Waals surface area (Å²) in [5, 5.41) is 3.44. The molecule has 0 spiro atoms. The van der Waals surface area contributed by atoms with Gasteiger partial charge in [0.05, 0.1) is 10.4 Å². The van der Waals surface area contributed by atoms with Crippen molar-refractivity contribution in [3.63, 3.8) is 0 Å². The molecule has 0 unspecified atom stereocenters. The highest BCUT2D eigenvalue weighted by molar-refractivity contribution is 7.90. The molecule has 33 heavy (non-hydrogen) atoms. The second-order valence-electron chi connectivity index (χ2n) is 8.16. The number of hydrogen-bond acceptors (Lipinski definition) is 6. The minimum absolute atomic E-state index is 0.0590. The van der Waals surface area contributed by atoms with Crippen molar-refractivity contribution in [2.45, 2.75) is 17.7 Å². The van der Waals surface area contributed by atoms with Gasteiger partial charge in [0.15, 0.2) is 9.84 Å². The van der Waals surface area contributed by atoms with Crippen molar-refractivity contribution in [3.8, 4) is 0 Å². The molecule has 1 N–H and O–H groups in total. The number of fused-ring (bicyclic) bond motifs is 1. The molecular formula is C24H24N4O4S. The number of nitrogens with one attached hydrogen (secondary N) is 1. The monoisotopic (exact) mass is 464 g/mol. The summed E-state index contributed by atoms with van der Waals surface area (Å²) in [4.78, 5) is 35.3. The van der Waals surface area contributed by atoms with E-state index in [2.05, 4.69) is 21.9 Å². The maximum atomic E-state index is 12.9. The Hall–Kier alpha value is -3.59. The van der Waals surface area contributed by atoms with E-state index < -0.39 is 9.84 Å². The Morgan fingerprint density at radius 2 is 1.97 bits per heavy atom. The smallest absolute Gasteiger partial charge is 0.253 e. The van der Waals surface area contributed by atoms with Crippen molar-refractivity contribution in [1.82, 2.24) is 14.9 Å². The highest BCUT2D eigenvalue weighted by Gasteiger charge is 2.27. The van der Waals surface area contributed by atoms with Gasteiger partial charge in [0.2, 0.25) is 5.91 Å². The number of nitrogens with zero attached hydrogens (tertiary/aromatic N) is 3. The summed E-state index contributed by atoms with van der Waals surface area (Å²) in [6, 6.07) is 11.6. The van der Waals surface area contributed by atoms with Gasteiger partial charge >= 0.3 is 0 Å². The second kappa shape index (κ2) is 9.11. The Balaban J connectivity index is 1.41. The molecule has 1 saturated heterocycles. The van der Waals surface area contributed by atoms with Crippen LogP contribution in [0.2, 0.25) is 0 Å². The second-order valence-corrected chi connectivity index (χ2v) is 10.2. The number of rotatable bonds is 6. The maximum absolute atomic E-state index is 12.9. The maximum Gasteiger partial charge on any atom is 0.253 e. The first-order valence-corrected chi connectivity index (χ1v) is 12.4. The highest BCUT2D eigenvalue weighted by Crippen LogP contribution is 2.23. The van der Waals surface area contributed by atoms with Crippen molar-refractivity contribution in [3.05, 3.63) is 72.7 Å². The van der Waals surface area contributed by atoms with Gasteiger partial charge in [-0.3, -0.25) is 9.59 Å². The topological polar surface area (TPSA) is 109 Å². The molecular weight excluding hydrogens is 440 g/mol. The summed E-state index contributed by atoms with van der Waals surface area (Å²) < 4.78 is 23.7. The van der Waals surface area contributed by atoms with Crippen LogP contribution >= 0.6 is 0 Å². The zero-order valence-corrected chi connectivity index (χ0v) is 19.0. The predicted octanol–water partition coefficient (Wildman–Crippen LogP) is 2.86. The van der Waals surface area contributed by atoms with Crippen LogP contribution in [0, 0.1) is 5.92 Å². The average molecular weight is 465 g/mol. The van der Waals surface area contributed by atoms with Crippen LogP contribution in [0.1, 0.15) is 22.6 Å². The van der Waals surface area contributed by atoms with E-state index in [0.29, 0.717) is 42.1 Å². The summed E-state index contributed by atoms with van der Waals surface area (Å²) in [7, 11) is -3.31. The summed E-state index contributed by atoms with van der Waals surface area (Å²) in [5.41, 5.74) is 1.75. The van der Waals surface area contributed by atoms with Crippen LogP contribution in [0.5, 0.6) is 0 Å². The number of carbonyl (C=O) groups excluding carboxylic acids is 2. The van der Waals surface area contributed by atoms with Crippen molar-refractivity contribution in [1.29, 1.82) is 0 Å². The first-order valence-electron chi connectivity index (χ1n) is 10.5. The van der Waals surface area contributed by atoms with Gasteiger partial charge in [-0.05, 0) is 60.9 Å². The number of likely N-dealkylation sites (tertiary alicyclic amines) is 1. The number of hydrogen-bond donors (Lipinski definition) is 1. The molecule has 3 aromatic rings. The van der Waals surface area contributed by atoms with Crippen LogP contribution in [0.4, 0.5) is 5.69 Å². The minimum Gasteiger partial charge on any atom is -0.338 e. The van der Waals surface area contributed by atoms with E-state index in [1.165, 1.54) is 12.3 Å². The normalized spacial score (nSPS) is 16.0. The molecule has 170 valence electrons. The Bertz CT molecular complexity index is 1340. The molecule has 2 amide bonds. The summed E-state index contributed by atoms with van der Waals surface area (Å²) in [5.74, 6) is 0.488. The lowest BCUT2D eigenvalue weighted by atomic mass is 10.0. The van der Waals surface area contributed by atoms with Gasteiger partial charge in [-0.15, -0.1) is 0 Å². The van der Waals surface area contributed by atoms with Gasteiger partial charge in [-0.25, -0.2) is 18.4 Å². The summed E-state index contributed by atoms with van der Waals surface area (Å²) >= 11 is 0. The molecule has 0 bridgehead atoms. The van der Waals surface area contributed by atoms with E-state index >= 15 is 0 Å². The van der Waals surface area contributed by atoms with E-state index in [4.69, 9.17) is 0 Å². The van der Waals surface area contributed by atoms with Crippen LogP contribution in [-0.2, 0) is 21.1 Å². The molecule has 8 nitrogen and oxygen atoms in total. The third kappa shape index (κ3) is 5.25. The first kappa shape index (κ1) is 22.6. The number of benzene rings is 2. The van der Waals surface area contributed by atoms with E-state index in [-0.39, 0.29) is 22.6 Å². The SMILES string of the molecule is C=CC(=O)Nc1ccc(C(=O)N2CC[C@@H](Cc3ncc4ccc(S(C)(=O)=O)cc4n3)C2)cc1. The lowest BCUT2D eigenvalue weighted by Crippen LogP contribution is -2.29. The van der Waals surface area contributed by atoms with Crippen LogP contribution < -0.4 is 5.32 Å². The third-order valence-corrected chi connectivity index (χ3v) is 6.77. The molecule has 9 heteroatoms. The predicted molar refractivity (Wildman–Crippen MR) is 126 cm³/mol. The lowest BCUT2D eigenvalue weighted by Gasteiger charge is -2.17. The molecule has 4 rings (SSSR count). The molecule has 1 atom stereocenters.